The van der Waals surface area contributed by atoms with Gasteiger partial charge in [-0.05, 0) is 69.1 Å². The molecule has 2 aliphatic rings. The summed E-state index contributed by atoms with van der Waals surface area (Å²) in [7, 11) is 0. The van der Waals surface area contributed by atoms with Crippen molar-refractivity contribution in [2.75, 3.05) is 19.6 Å². The van der Waals surface area contributed by atoms with Crippen molar-refractivity contribution in [2.45, 2.75) is 70.1 Å². The molecule has 0 radical (unpaired) electrons. The highest BCUT2D eigenvalue weighted by Gasteiger charge is 2.36. The van der Waals surface area contributed by atoms with Gasteiger partial charge < -0.3 is 15.3 Å². The molecule has 2 N–H and O–H groups in total. The van der Waals surface area contributed by atoms with Crippen LogP contribution in [0.1, 0.15) is 60.1 Å². The largest absolute Gasteiger partial charge is 0.388 e. The van der Waals surface area contributed by atoms with Gasteiger partial charge in [0.15, 0.2) is 0 Å². The van der Waals surface area contributed by atoms with Crippen molar-refractivity contribution in [1.82, 2.24) is 34.5 Å². The fraction of sp³-hybridized carbons (Fsp3) is 0.455. The van der Waals surface area contributed by atoms with Crippen LogP contribution >= 0.6 is 11.6 Å². The number of halogens is 2. The molecule has 11 nitrogen and oxygen atoms in total. The van der Waals surface area contributed by atoms with Gasteiger partial charge in [0, 0.05) is 60.8 Å². The van der Waals surface area contributed by atoms with Gasteiger partial charge in [-0.15, -0.1) is 5.10 Å². The molecule has 4 aromatic rings. The smallest absolute Gasteiger partial charge is 0.253 e. The molecule has 1 aromatic carbocycles. The highest BCUT2D eigenvalue weighted by Crippen LogP contribution is 2.33. The molecule has 242 valence electrons. The van der Waals surface area contributed by atoms with E-state index in [1.165, 1.54) is 40.1 Å². The maximum atomic E-state index is 13.7. The van der Waals surface area contributed by atoms with Gasteiger partial charge in [-0.25, -0.2) is 4.98 Å². The van der Waals surface area contributed by atoms with Crippen molar-refractivity contribution >= 4 is 34.3 Å². The number of fused-ring (bicyclic) bond motifs is 2. The summed E-state index contributed by atoms with van der Waals surface area (Å²) in [6.45, 7) is 1.25. The van der Waals surface area contributed by atoms with Crippen LogP contribution in [0.5, 0.6) is 0 Å². The Bertz CT molecular complexity index is 1800. The number of aromatic nitrogens is 5. The van der Waals surface area contributed by atoms with Crippen LogP contribution in [0, 0.1) is 11.9 Å². The number of pyridine rings is 1. The zero-order valence-electron chi connectivity index (χ0n) is 25.5. The molecule has 1 aliphatic carbocycles. The van der Waals surface area contributed by atoms with Crippen molar-refractivity contribution in [1.29, 1.82) is 0 Å². The molecule has 46 heavy (non-hydrogen) atoms. The maximum Gasteiger partial charge on any atom is 0.253 e. The number of amides is 2. The van der Waals surface area contributed by atoms with Gasteiger partial charge in [-0.2, -0.15) is 4.39 Å². The molecule has 1 unspecified atom stereocenters. The van der Waals surface area contributed by atoms with Gasteiger partial charge in [0.25, 0.3) is 11.5 Å². The third-order valence-corrected chi connectivity index (χ3v) is 9.53. The van der Waals surface area contributed by atoms with E-state index < -0.39 is 17.5 Å². The van der Waals surface area contributed by atoms with Gasteiger partial charge in [-0.3, -0.25) is 28.6 Å². The fourth-order valence-corrected chi connectivity index (χ4v) is 6.86. The first kappa shape index (κ1) is 31.8. The number of benzene rings is 1. The number of hydrogen-bond donors (Lipinski definition) is 2. The topological polar surface area (TPSA) is 135 Å². The number of nitrogens with one attached hydrogen (secondary N) is 1. The second-order valence-electron chi connectivity index (χ2n) is 12.3. The average molecular weight is 650 g/mol. The van der Waals surface area contributed by atoms with Crippen molar-refractivity contribution < 1.29 is 19.1 Å². The highest BCUT2D eigenvalue weighted by atomic mass is 35.5. The highest BCUT2D eigenvalue weighted by molar-refractivity contribution is 6.36. The molecule has 0 saturated carbocycles. The Morgan fingerprint density at radius 3 is 2.70 bits per heavy atom. The van der Waals surface area contributed by atoms with E-state index >= 15 is 0 Å². The van der Waals surface area contributed by atoms with Crippen LogP contribution in [0.4, 0.5) is 4.39 Å². The number of carbonyl (C=O) groups excluding carboxylic acids is 2. The van der Waals surface area contributed by atoms with E-state index in [2.05, 4.69) is 15.4 Å². The van der Waals surface area contributed by atoms with E-state index in [0.717, 1.165) is 47.3 Å². The first-order chi connectivity index (χ1) is 22.2. The molecule has 13 heteroatoms. The third-order valence-electron chi connectivity index (χ3n) is 9.10. The van der Waals surface area contributed by atoms with Crippen molar-refractivity contribution in [2.24, 2.45) is 5.92 Å². The summed E-state index contributed by atoms with van der Waals surface area (Å²) >= 11 is 6.69. The van der Waals surface area contributed by atoms with E-state index in [0.29, 0.717) is 56.4 Å². The Morgan fingerprint density at radius 2 is 1.93 bits per heavy atom. The van der Waals surface area contributed by atoms with Crippen molar-refractivity contribution in [3.63, 3.8) is 0 Å². The molecule has 1 atom stereocenters. The van der Waals surface area contributed by atoms with Gasteiger partial charge in [0.1, 0.15) is 0 Å². The van der Waals surface area contributed by atoms with Gasteiger partial charge in [0.2, 0.25) is 11.9 Å². The Hall–Kier alpha value is -4.16. The first-order valence-electron chi connectivity index (χ1n) is 15.8. The minimum atomic E-state index is -1.14. The molecule has 4 heterocycles. The summed E-state index contributed by atoms with van der Waals surface area (Å²) in [6, 6.07) is 7.95. The number of carbonyl (C=O) groups is 2. The number of aliphatic hydroxyl groups is 1. The summed E-state index contributed by atoms with van der Waals surface area (Å²) < 4.78 is 16.4. The molecular formula is C33H37ClFN7O4. The van der Waals surface area contributed by atoms with E-state index in [4.69, 9.17) is 16.6 Å². The number of piperidine rings is 1. The molecule has 2 amide bonds. The maximum absolute atomic E-state index is 13.7. The van der Waals surface area contributed by atoms with Crippen molar-refractivity contribution in [3.8, 4) is 0 Å². The molecule has 3 aromatic heterocycles. The average Bonchev–Trinajstić information content (AvgIpc) is 3.47. The number of rotatable bonds is 10. The summed E-state index contributed by atoms with van der Waals surface area (Å²) in [5.41, 5.74) is 1.92. The van der Waals surface area contributed by atoms with Crippen LogP contribution in [0.15, 0.2) is 53.8 Å². The molecule has 1 aliphatic heterocycles. The Morgan fingerprint density at radius 1 is 1.13 bits per heavy atom. The van der Waals surface area contributed by atoms with Crippen LogP contribution in [-0.2, 0) is 30.7 Å². The molecule has 0 bridgehead atoms. The van der Waals surface area contributed by atoms with Gasteiger partial charge in [-0.1, -0.05) is 17.7 Å². The Labute approximate surface area is 270 Å². The fourth-order valence-electron chi connectivity index (χ4n) is 6.49. The van der Waals surface area contributed by atoms with Crippen LogP contribution in [-0.4, -0.2) is 71.4 Å². The van der Waals surface area contributed by atoms with Crippen LogP contribution in [0.2, 0.25) is 5.02 Å². The molecule has 0 spiro atoms. The first-order valence-corrected chi connectivity index (χ1v) is 16.2. The molecular weight excluding hydrogens is 613 g/mol. The second-order valence-corrected chi connectivity index (χ2v) is 12.7. The van der Waals surface area contributed by atoms with Crippen LogP contribution < -0.4 is 10.9 Å². The summed E-state index contributed by atoms with van der Waals surface area (Å²) in [5, 5.41) is 19.5. The lowest BCUT2D eigenvalue weighted by molar-refractivity contribution is -0.141. The molecule has 6 rings (SSSR count). The standard InChI is InChI=1S/C33H37ClFN7O4/c34-30-24-5-1-2-6-26(24)38-27-18-22(7-8-25(27)30)31(44)37-13-3-4-23(19-42-15-10-28(35)39-42)32(45)40-16-11-33(46,12-17-40)20-41-21-36-14-9-29(41)43/h7-10,14-15,18,21,23,46H,1-6,11-13,16-17,19-20H2,(H,37,44). The van der Waals surface area contributed by atoms with Gasteiger partial charge >= 0.3 is 0 Å². The van der Waals surface area contributed by atoms with Crippen molar-refractivity contribution in [3.05, 3.63) is 87.2 Å². The third kappa shape index (κ3) is 7.13. The van der Waals surface area contributed by atoms with Crippen LogP contribution in [0.25, 0.3) is 10.9 Å². The predicted molar refractivity (Wildman–Crippen MR) is 170 cm³/mol. The molecule has 1 fully saturated rings. The van der Waals surface area contributed by atoms with Crippen LogP contribution in [0.3, 0.4) is 0 Å². The van der Waals surface area contributed by atoms with Gasteiger partial charge in [0.05, 0.1) is 41.5 Å². The number of aryl methyl sites for hydroxylation is 1. The normalized spacial score (nSPS) is 16.6. The van der Waals surface area contributed by atoms with E-state index in [1.54, 1.807) is 17.0 Å². The molecule has 1 saturated heterocycles. The number of nitrogens with zero attached hydrogens (tertiary/aromatic N) is 6. The number of hydrogen-bond acceptors (Lipinski definition) is 7. The number of likely N-dealkylation sites (tertiary alicyclic amines) is 1. The lowest BCUT2D eigenvalue weighted by Gasteiger charge is -2.39. The zero-order chi connectivity index (χ0) is 32.3. The predicted octanol–water partition coefficient (Wildman–Crippen LogP) is 3.54. The monoisotopic (exact) mass is 649 g/mol. The zero-order valence-corrected chi connectivity index (χ0v) is 26.3. The lowest BCUT2D eigenvalue weighted by Crippen LogP contribution is -2.51. The Balaban J connectivity index is 1.06. The second kappa shape index (κ2) is 13.7. The minimum Gasteiger partial charge on any atom is -0.388 e. The summed E-state index contributed by atoms with van der Waals surface area (Å²) in [4.78, 5) is 49.3. The van der Waals surface area contributed by atoms with E-state index in [1.807, 2.05) is 6.07 Å². The quantitative estimate of drug-likeness (QED) is 0.251. The Kier molecular flexibility index (Phi) is 9.46. The summed E-state index contributed by atoms with van der Waals surface area (Å²) in [6.07, 6.45) is 9.84. The van der Waals surface area contributed by atoms with E-state index in [-0.39, 0.29) is 30.5 Å². The summed E-state index contributed by atoms with van der Waals surface area (Å²) in [5.74, 6) is -1.50. The van der Waals surface area contributed by atoms with E-state index in [9.17, 15) is 23.9 Å². The minimum absolute atomic E-state index is 0.0971. The SMILES string of the molecule is O=C(NCCCC(Cn1ccc(F)n1)C(=O)N1CCC(O)(Cn2cnccc2=O)CC1)c1ccc2c(Cl)c3c(nc2c1)CCCC3. The lowest BCUT2D eigenvalue weighted by atomic mass is 9.90.